The van der Waals surface area contributed by atoms with Crippen LogP contribution in [0.3, 0.4) is 0 Å². The van der Waals surface area contributed by atoms with Crippen LogP contribution in [0.2, 0.25) is 0 Å². The zero-order valence-corrected chi connectivity index (χ0v) is 15.3. The molecule has 0 saturated heterocycles. The minimum absolute atomic E-state index is 0.303. The third-order valence-corrected chi connectivity index (χ3v) is 4.73. The summed E-state index contributed by atoms with van der Waals surface area (Å²) in [5, 5.41) is 13.0. The van der Waals surface area contributed by atoms with E-state index in [1.165, 1.54) is 0 Å². The summed E-state index contributed by atoms with van der Waals surface area (Å²) in [5.74, 6) is -0.153. The van der Waals surface area contributed by atoms with E-state index in [0.29, 0.717) is 28.7 Å². The molecular formula is C20H20N2O3S. The van der Waals surface area contributed by atoms with Crippen molar-refractivity contribution in [2.24, 2.45) is 0 Å². The second-order valence-corrected chi connectivity index (χ2v) is 6.77. The Morgan fingerprint density at radius 1 is 1.15 bits per heavy atom. The van der Waals surface area contributed by atoms with Gasteiger partial charge in [-0.15, -0.1) is 0 Å². The quantitative estimate of drug-likeness (QED) is 0.578. The Morgan fingerprint density at radius 2 is 1.88 bits per heavy atom. The number of anilines is 2. The van der Waals surface area contributed by atoms with Crippen molar-refractivity contribution in [2.75, 3.05) is 5.32 Å². The van der Waals surface area contributed by atoms with Crippen LogP contribution in [-0.2, 0) is 13.0 Å². The van der Waals surface area contributed by atoms with E-state index in [4.69, 9.17) is 4.74 Å². The molecule has 2 aromatic carbocycles. The summed E-state index contributed by atoms with van der Waals surface area (Å²) in [5.41, 5.74) is 2.59. The lowest BCUT2D eigenvalue weighted by molar-refractivity contribution is 0.0700. The van der Waals surface area contributed by atoms with E-state index in [2.05, 4.69) is 10.3 Å². The highest BCUT2D eigenvalue weighted by Gasteiger charge is 2.16. The summed E-state index contributed by atoms with van der Waals surface area (Å²) < 4.78 is 5.77. The maximum Gasteiger partial charge on any atom is 0.347 e. The van der Waals surface area contributed by atoms with Gasteiger partial charge in [-0.05, 0) is 36.2 Å². The van der Waals surface area contributed by atoms with Crippen molar-refractivity contribution < 1.29 is 14.6 Å². The van der Waals surface area contributed by atoms with Gasteiger partial charge < -0.3 is 15.2 Å². The van der Waals surface area contributed by atoms with Gasteiger partial charge in [0, 0.05) is 5.69 Å². The number of carbonyl (C=O) groups is 1. The summed E-state index contributed by atoms with van der Waals surface area (Å²) in [7, 11) is 0. The van der Waals surface area contributed by atoms with Gasteiger partial charge in [0.05, 0.1) is 5.69 Å². The lowest BCUT2D eigenvalue weighted by atomic mass is 10.2. The molecule has 5 nitrogen and oxygen atoms in total. The lowest BCUT2D eigenvalue weighted by Crippen LogP contribution is -1.98. The molecule has 0 fully saturated rings. The smallest absolute Gasteiger partial charge is 0.347 e. The molecule has 0 spiro atoms. The van der Waals surface area contributed by atoms with Gasteiger partial charge in [-0.1, -0.05) is 55.0 Å². The summed E-state index contributed by atoms with van der Waals surface area (Å²) in [6.45, 7) is 2.52. The Balaban J connectivity index is 1.64. The van der Waals surface area contributed by atoms with E-state index in [-0.39, 0.29) is 0 Å². The first-order valence-electron chi connectivity index (χ1n) is 8.42. The van der Waals surface area contributed by atoms with Crippen molar-refractivity contribution in [2.45, 2.75) is 26.4 Å². The van der Waals surface area contributed by atoms with Crippen LogP contribution in [0.25, 0.3) is 0 Å². The summed E-state index contributed by atoms with van der Waals surface area (Å²) in [6, 6.07) is 17.5. The van der Waals surface area contributed by atoms with E-state index >= 15 is 0 Å². The van der Waals surface area contributed by atoms with Crippen LogP contribution in [0.5, 0.6) is 5.75 Å². The average molecular weight is 368 g/mol. The lowest BCUT2D eigenvalue weighted by Gasteiger charge is -2.07. The molecule has 0 radical (unpaired) electrons. The van der Waals surface area contributed by atoms with E-state index in [0.717, 1.165) is 34.8 Å². The normalized spacial score (nSPS) is 10.5. The molecule has 1 aromatic heterocycles. The minimum atomic E-state index is -0.927. The number of ether oxygens (including phenoxy) is 1. The van der Waals surface area contributed by atoms with Crippen molar-refractivity contribution in [3.8, 4) is 5.75 Å². The molecular weight excluding hydrogens is 348 g/mol. The number of carboxylic acids is 1. The van der Waals surface area contributed by atoms with Gasteiger partial charge in [0.15, 0.2) is 5.13 Å². The van der Waals surface area contributed by atoms with Crippen LogP contribution in [0, 0.1) is 0 Å². The van der Waals surface area contributed by atoms with Crippen LogP contribution in [-0.4, -0.2) is 16.1 Å². The number of nitrogens with zero attached hydrogens (tertiary/aromatic N) is 1. The van der Waals surface area contributed by atoms with Crippen molar-refractivity contribution in [3.63, 3.8) is 0 Å². The molecule has 1 heterocycles. The van der Waals surface area contributed by atoms with Crippen molar-refractivity contribution >= 4 is 28.1 Å². The molecule has 0 amide bonds. The monoisotopic (exact) mass is 368 g/mol. The van der Waals surface area contributed by atoms with Crippen LogP contribution < -0.4 is 10.1 Å². The predicted molar refractivity (Wildman–Crippen MR) is 104 cm³/mol. The van der Waals surface area contributed by atoms with Crippen molar-refractivity contribution in [3.05, 3.63) is 70.7 Å². The molecule has 0 aliphatic rings. The SMILES string of the molecule is CCCc1nc(Nc2ccc(OCc3ccccc3)cc2)sc1C(=O)O. The minimum Gasteiger partial charge on any atom is -0.489 e. The van der Waals surface area contributed by atoms with Gasteiger partial charge in [0.25, 0.3) is 0 Å². The number of aryl methyl sites for hydroxylation is 1. The maximum absolute atomic E-state index is 11.3. The largest absolute Gasteiger partial charge is 0.489 e. The first-order chi connectivity index (χ1) is 12.7. The highest BCUT2D eigenvalue weighted by molar-refractivity contribution is 7.17. The Kier molecular flexibility index (Phi) is 5.86. The third kappa shape index (κ3) is 4.61. The van der Waals surface area contributed by atoms with Crippen LogP contribution in [0.15, 0.2) is 54.6 Å². The topological polar surface area (TPSA) is 71.5 Å². The molecule has 26 heavy (non-hydrogen) atoms. The van der Waals surface area contributed by atoms with Gasteiger partial charge in [0.1, 0.15) is 17.2 Å². The number of thiazole rings is 1. The fraction of sp³-hybridized carbons (Fsp3) is 0.200. The molecule has 134 valence electrons. The van der Waals surface area contributed by atoms with Gasteiger partial charge in [-0.3, -0.25) is 0 Å². The van der Waals surface area contributed by atoms with Crippen molar-refractivity contribution in [1.29, 1.82) is 0 Å². The molecule has 3 rings (SSSR count). The van der Waals surface area contributed by atoms with Gasteiger partial charge in [-0.2, -0.15) is 0 Å². The molecule has 0 saturated carbocycles. The first-order valence-corrected chi connectivity index (χ1v) is 9.24. The average Bonchev–Trinajstić information content (AvgIpc) is 3.05. The zero-order chi connectivity index (χ0) is 18.4. The summed E-state index contributed by atoms with van der Waals surface area (Å²) in [6.07, 6.45) is 1.52. The number of hydrogen-bond donors (Lipinski definition) is 2. The number of nitrogens with one attached hydrogen (secondary N) is 1. The molecule has 2 N–H and O–H groups in total. The Bertz CT molecular complexity index is 861. The van der Waals surface area contributed by atoms with Gasteiger partial charge >= 0.3 is 5.97 Å². The Hall–Kier alpha value is -2.86. The summed E-state index contributed by atoms with van der Waals surface area (Å²) >= 11 is 1.16. The number of benzene rings is 2. The van der Waals surface area contributed by atoms with Gasteiger partial charge in [-0.25, -0.2) is 9.78 Å². The van der Waals surface area contributed by atoms with E-state index in [1.807, 2.05) is 61.5 Å². The van der Waals surface area contributed by atoms with Crippen LogP contribution in [0.1, 0.15) is 34.3 Å². The number of aromatic nitrogens is 1. The number of aromatic carboxylic acids is 1. The van der Waals surface area contributed by atoms with Crippen LogP contribution in [0.4, 0.5) is 10.8 Å². The van der Waals surface area contributed by atoms with Gasteiger partial charge in [0.2, 0.25) is 0 Å². The Labute approximate surface area is 156 Å². The second kappa shape index (κ2) is 8.49. The van der Waals surface area contributed by atoms with E-state index < -0.39 is 5.97 Å². The standard InChI is InChI=1S/C20H20N2O3S/c1-2-6-17-18(19(23)24)26-20(22-17)21-15-9-11-16(12-10-15)25-13-14-7-4-3-5-8-14/h3-5,7-12H,2,6,13H2,1H3,(H,21,22)(H,23,24). The summed E-state index contributed by atoms with van der Waals surface area (Å²) in [4.78, 5) is 16.0. The van der Waals surface area contributed by atoms with E-state index in [1.54, 1.807) is 0 Å². The molecule has 3 aromatic rings. The molecule has 6 heteroatoms. The zero-order valence-electron chi connectivity index (χ0n) is 14.4. The second-order valence-electron chi connectivity index (χ2n) is 5.77. The molecule has 0 unspecified atom stereocenters. The molecule has 0 atom stereocenters. The number of hydrogen-bond acceptors (Lipinski definition) is 5. The fourth-order valence-electron chi connectivity index (χ4n) is 2.48. The van der Waals surface area contributed by atoms with Crippen LogP contribution >= 0.6 is 11.3 Å². The molecule has 0 aliphatic carbocycles. The maximum atomic E-state index is 11.3. The molecule has 0 aliphatic heterocycles. The number of carboxylic acid groups (broad SMARTS) is 1. The first kappa shape index (κ1) is 17.9. The highest BCUT2D eigenvalue weighted by atomic mass is 32.1. The highest BCUT2D eigenvalue weighted by Crippen LogP contribution is 2.28. The molecule has 0 bridgehead atoms. The fourth-order valence-corrected chi connectivity index (χ4v) is 3.35. The Morgan fingerprint density at radius 3 is 2.54 bits per heavy atom. The van der Waals surface area contributed by atoms with Crippen molar-refractivity contribution in [1.82, 2.24) is 4.98 Å². The third-order valence-electron chi connectivity index (χ3n) is 3.73. The van der Waals surface area contributed by atoms with E-state index in [9.17, 15) is 9.90 Å². The predicted octanol–water partition coefficient (Wildman–Crippen LogP) is 5.12. The number of rotatable bonds is 8.